The van der Waals surface area contributed by atoms with Gasteiger partial charge in [-0.3, -0.25) is 24.0 Å². The summed E-state index contributed by atoms with van der Waals surface area (Å²) >= 11 is 1.41. The maximum atomic E-state index is 12.8. The van der Waals surface area contributed by atoms with Gasteiger partial charge < -0.3 is 37.6 Å². The molecule has 0 heterocycles. The molecule has 0 aliphatic rings. The van der Waals surface area contributed by atoms with E-state index < -0.39 is 72.1 Å². The zero-order valence-electron chi connectivity index (χ0n) is 19.5. The summed E-state index contributed by atoms with van der Waals surface area (Å²) in [5.41, 5.74) is 10.7. The lowest BCUT2D eigenvalue weighted by Gasteiger charge is -2.27. The van der Waals surface area contributed by atoms with Crippen LogP contribution in [0.1, 0.15) is 46.0 Å². The van der Waals surface area contributed by atoms with Crippen LogP contribution in [0.5, 0.6) is 0 Å². The zero-order chi connectivity index (χ0) is 26.4. The number of rotatable bonds is 17. The maximum Gasteiger partial charge on any atom is 0.326 e. The Hall–Kier alpha value is -2.87. The maximum absolute atomic E-state index is 12.8. The van der Waals surface area contributed by atoms with Crippen LogP contribution in [0.15, 0.2) is 0 Å². The van der Waals surface area contributed by atoms with Crippen molar-refractivity contribution < 1.29 is 39.0 Å². The minimum absolute atomic E-state index is 0.104. The Morgan fingerprint density at radius 1 is 0.912 bits per heavy atom. The fourth-order valence-electron chi connectivity index (χ4n) is 2.80. The van der Waals surface area contributed by atoms with Gasteiger partial charge in [0, 0.05) is 6.42 Å². The standard InChI is InChI=1S/C20H35N5O8S/c1-4-10(2)16(19(31)23-12(20(32)33)7-8-34-3)25-18(30)13(9-15(27)28)24-17(29)11(21)5-6-14(22)26/h10-13,16H,4-9,21H2,1-3H3,(H2,22,26)(H,23,31)(H,24,29)(H,25,30)(H,27,28)(H,32,33). The predicted octanol–water partition coefficient (Wildman–Crippen LogP) is -1.61. The monoisotopic (exact) mass is 505 g/mol. The molecule has 0 aromatic rings. The van der Waals surface area contributed by atoms with Gasteiger partial charge in [-0.25, -0.2) is 4.79 Å². The number of carbonyl (C=O) groups is 6. The Balaban J connectivity index is 5.51. The summed E-state index contributed by atoms with van der Waals surface area (Å²) in [7, 11) is 0. The molecule has 0 bridgehead atoms. The molecule has 194 valence electrons. The number of hydrogen-bond donors (Lipinski definition) is 7. The van der Waals surface area contributed by atoms with Crippen molar-refractivity contribution in [2.45, 2.75) is 70.1 Å². The topological polar surface area (TPSA) is 231 Å². The van der Waals surface area contributed by atoms with Gasteiger partial charge in [0.05, 0.1) is 12.5 Å². The van der Waals surface area contributed by atoms with Crippen LogP contribution in [0.4, 0.5) is 0 Å². The van der Waals surface area contributed by atoms with Crippen LogP contribution in [-0.4, -0.2) is 82.0 Å². The summed E-state index contributed by atoms with van der Waals surface area (Å²) in [4.78, 5) is 71.5. The van der Waals surface area contributed by atoms with Crippen molar-refractivity contribution in [3.8, 4) is 0 Å². The zero-order valence-corrected chi connectivity index (χ0v) is 20.4. The second-order valence-electron chi connectivity index (χ2n) is 7.82. The summed E-state index contributed by atoms with van der Waals surface area (Å²) in [5, 5.41) is 25.6. The molecule has 13 nitrogen and oxygen atoms in total. The molecule has 0 rings (SSSR count). The molecule has 0 saturated carbocycles. The van der Waals surface area contributed by atoms with E-state index in [1.54, 1.807) is 20.1 Å². The minimum atomic E-state index is -1.56. The highest BCUT2D eigenvalue weighted by molar-refractivity contribution is 7.98. The van der Waals surface area contributed by atoms with Crippen molar-refractivity contribution in [1.82, 2.24) is 16.0 Å². The molecule has 4 amide bonds. The molecule has 9 N–H and O–H groups in total. The van der Waals surface area contributed by atoms with Crippen LogP contribution >= 0.6 is 11.8 Å². The number of carboxylic acids is 2. The third-order valence-corrected chi connectivity index (χ3v) is 5.71. The Bertz CT molecular complexity index is 750. The van der Waals surface area contributed by atoms with E-state index in [0.29, 0.717) is 12.2 Å². The molecule has 0 spiro atoms. The van der Waals surface area contributed by atoms with Gasteiger partial charge in [-0.1, -0.05) is 20.3 Å². The van der Waals surface area contributed by atoms with Crippen LogP contribution in [0.25, 0.3) is 0 Å². The van der Waals surface area contributed by atoms with E-state index >= 15 is 0 Å². The normalized spacial score (nSPS) is 15.2. The van der Waals surface area contributed by atoms with Gasteiger partial charge in [-0.2, -0.15) is 11.8 Å². The lowest BCUT2D eigenvalue weighted by atomic mass is 9.97. The fraction of sp³-hybridized carbons (Fsp3) is 0.700. The third-order valence-electron chi connectivity index (χ3n) is 5.07. The molecule has 0 aliphatic heterocycles. The van der Waals surface area contributed by atoms with Crippen molar-refractivity contribution in [3.05, 3.63) is 0 Å². The Labute approximate surface area is 202 Å². The van der Waals surface area contributed by atoms with Crippen LogP contribution < -0.4 is 27.4 Å². The van der Waals surface area contributed by atoms with Crippen LogP contribution in [-0.2, 0) is 28.8 Å². The quantitative estimate of drug-likeness (QED) is 0.119. The number of amides is 4. The number of thioether (sulfide) groups is 1. The predicted molar refractivity (Wildman–Crippen MR) is 125 cm³/mol. The first kappa shape index (κ1) is 31.1. The minimum Gasteiger partial charge on any atom is -0.481 e. The molecule has 34 heavy (non-hydrogen) atoms. The first-order valence-corrected chi connectivity index (χ1v) is 12.1. The van der Waals surface area contributed by atoms with Crippen molar-refractivity contribution in [3.63, 3.8) is 0 Å². The molecule has 0 aliphatic carbocycles. The molecule has 0 aromatic carbocycles. The average molecular weight is 506 g/mol. The molecule has 14 heteroatoms. The van der Waals surface area contributed by atoms with E-state index in [4.69, 9.17) is 16.6 Å². The highest BCUT2D eigenvalue weighted by Gasteiger charge is 2.33. The second-order valence-corrected chi connectivity index (χ2v) is 8.81. The van der Waals surface area contributed by atoms with E-state index in [2.05, 4.69) is 16.0 Å². The molecule has 0 fully saturated rings. The number of carboxylic acid groups (broad SMARTS) is 2. The van der Waals surface area contributed by atoms with Crippen LogP contribution in [0.3, 0.4) is 0 Å². The molecular formula is C20H35N5O8S. The highest BCUT2D eigenvalue weighted by atomic mass is 32.2. The molecular weight excluding hydrogens is 470 g/mol. The highest BCUT2D eigenvalue weighted by Crippen LogP contribution is 2.11. The first-order valence-electron chi connectivity index (χ1n) is 10.7. The van der Waals surface area contributed by atoms with E-state index in [-0.39, 0.29) is 19.3 Å². The van der Waals surface area contributed by atoms with Gasteiger partial charge in [0.2, 0.25) is 23.6 Å². The second kappa shape index (κ2) is 15.9. The molecule has 5 atom stereocenters. The summed E-state index contributed by atoms with van der Waals surface area (Å²) in [6, 6.07) is -5.11. The van der Waals surface area contributed by atoms with Gasteiger partial charge in [0.25, 0.3) is 0 Å². The van der Waals surface area contributed by atoms with Crippen molar-refractivity contribution in [1.29, 1.82) is 0 Å². The summed E-state index contributed by atoms with van der Waals surface area (Å²) in [6.07, 6.45) is 1.33. The van der Waals surface area contributed by atoms with E-state index in [1.807, 2.05) is 0 Å². The number of hydrogen-bond acceptors (Lipinski definition) is 8. The van der Waals surface area contributed by atoms with Crippen molar-refractivity contribution in [2.24, 2.45) is 17.4 Å². The summed E-state index contributed by atoms with van der Waals surface area (Å²) in [6.45, 7) is 3.42. The smallest absolute Gasteiger partial charge is 0.326 e. The van der Waals surface area contributed by atoms with Gasteiger partial charge in [-0.15, -0.1) is 0 Å². The number of carbonyl (C=O) groups excluding carboxylic acids is 4. The molecule has 0 radical (unpaired) electrons. The van der Waals surface area contributed by atoms with Crippen molar-refractivity contribution in [2.75, 3.05) is 12.0 Å². The SMILES string of the molecule is CCC(C)C(NC(=O)C(CC(=O)O)NC(=O)C(N)CCC(N)=O)C(=O)NC(CCSC)C(=O)O. The van der Waals surface area contributed by atoms with Gasteiger partial charge in [0.1, 0.15) is 18.1 Å². The lowest BCUT2D eigenvalue weighted by Crippen LogP contribution is -2.59. The Morgan fingerprint density at radius 2 is 1.50 bits per heavy atom. The van der Waals surface area contributed by atoms with Gasteiger partial charge in [0.15, 0.2) is 0 Å². The number of primary amides is 1. The largest absolute Gasteiger partial charge is 0.481 e. The van der Waals surface area contributed by atoms with Gasteiger partial charge in [-0.05, 0) is 30.8 Å². The first-order chi connectivity index (χ1) is 15.8. The van der Waals surface area contributed by atoms with E-state index in [0.717, 1.165) is 0 Å². The summed E-state index contributed by atoms with van der Waals surface area (Å²) < 4.78 is 0. The van der Waals surface area contributed by atoms with Crippen LogP contribution in [0.2, 0.25) is 0 Å². The fourth-order valence-corrected chi connectivity index (χ4v) is 3.27. The average Bonchev–Trinajstić information content (AvgIpc) is 2.76. The summed E-state index contributed by atoms with van der Waals surface area (Å²) in [5.74, 6) is -5.79. The van der Waals surface area contributed by atoms with Crippen LogP contribution in [0, 0.1) is 5.92 Å². The number of nitrogens with one attached hydrogen (secondary N) is 3. The third kappa shape index (κ3) is 11.8. The molecule has 0 aromatic heterocycles. The van der Waals surface area contributed by atoms with E-state index in [1.165, 1.54) is 11.8 Å². The number of nitrogens with two attached hydrogens (primary N) is 2. The number of aliphatic carboxylic acids is 2. The van der Waals surface area contributed by atoms with Crippen molar-refractivity contribution >= 4 is 47.3 Å². The van der Waals surface area contributed by atoms with E-state index in [9.17, 15) is 33.9 Å². The lowest BCUT2D eigenvalue weighted by molar-refractivity contribution is -0.143. The Kier molecular flexibility index (Phi) is 14.5. The molecule has 0 saturated heterocycles. The molecule has 5 unspecified atom stereocenters. The Morgan fingerprint density at radius 3 is 1.97 bits per heavy atom. The van der Waals surface area contributed by atoms with Gasteiger partial charge >= 0.3 is 11.9 Å².